The minimum absolute atomic E-state index is 0.184. The van der Waals surface area contributed by atoms with E-state index in [2.05, 4.69) is 9.97 Å². The normalized spacial score (nSPS) is 25.7. The molecule has 0 spiro atoms. The van der Waals surface area contributed by atoms with Crippen molar-refractivity contribution < 1.29 is 0 Å². The van der Waals surface area contributed by atoms with E-state index in [1.165, 1.54) is 0 Å². The van der Waals surface area contributed by atoms with Crippen LogP contribution in [0.25, 0.3) is 0 Å². The highest BCUT2D eigenvalue weighted by Crippen LogP contribution is 2.51. The van der Waals surface area contributed by atoms with Gasteiger partial charge in [-0.1, -0.05) is 0 Å². The van der Waals surface area contributed by atoms with Gasteiger partial charge in [0, 0.05) is 11.8 Å². The number of hydrogen-bond donors (Lipinski definition) is 0. The number of aromatic nitrogens is 2. The Labute approximate surface area is 87.2 Å². The first kappa shape index (κ1) is 8.38. The molecule has 2 aliphatic carbocycles. The van der Waals surface area contributed by atoms with Crippen molar-refractivity contribution in [3.8, 4) is 12.1 Å². The topological polar surface area (TPSA) is 73.4 Å². The summed E-state index contributed by atoms with van der Waals surface area (Å²) in [5, 5.41) is 17.7. The van der Waals surface area contributed by atoms with Crippen LogP contribution in [0.2, 0.25) is 0 Å². The molecule has 1 aromatic heterocycles. The standard InChI is InChI=1S/C11H8N4/c12-4-8-9(5-13)15-11-7-2-1-6(3-7)10(11)14-8/h6-7H,1-3H2/t6-,7-/m1/s1. The van der Waals surface area contributed by atoms with Gasteiger partial charge in [0.1, 0.15) is 12.1 Å². The summed E-state index contributed by atoms with van der Waals surface area (Å²) < 4.78 is 0. The van der Waals surface area contributed by atoms with E-state index >= 15 is 0 Å². The van der Waals surface area contributed by atoms with Gasteiger partial charge in [0.05, 0.1) is 11.4 Å². The number of fused-ring (bicyclic) bond motifs is 5. The van der Waals surface area contributed by atoms with Crippen LogP contribution in [0.5, 0.6) is 0 Å². The highest BCUT2D eigenvalue weighted by molar-refractivity contribution is 5.41. The fourth-order valence-electron chi connectivity index (χ4n) is 2.70. The Kier molecular flexibility index (Phi) is 1.55. The predicted octanol–water partition coefficient (Wildman–Crippen LogP) is 1.58. The smallest absolute Gasteiger partial charge is 0.177 e. The fourth-order valence-corrected chi connectivity index (χ4v) is 2.70. The number of rotatable bonds is 0. The first-order valence-corrected chi connectivity index (χ1v) is 5.05. The summed E-state index contributed by atoms with van der Waals surface area (Å²) in [7, 11) is 0. The maximum Gasteiger partial charge on any atom is 0.177 e. The lowest BCUT2D eigenvalue weighted by Crippen LogP contribution is -2.08. The summed E-state index contributed by atoms with van der Waals surface area (Å²) in [5.74, 6) is 0.967. The third-order valence-electron chi connectivity index (χ3n) is 3.37. The second-order valence-electron chi connectivity index (χ2n) is 4.12. The molecule has 15 heavy (non-hydrogen) atoms. The summed E-state index contributed by atoms with van der Waals surface area (Å²) in [6, 6.07) is 3.88. The van der Waals surface area contributed by atoms with Crippen molar-refractivity contribution in [3.63, 3.8) is 0 Å². The third kappa shape index (κ3) is 0.993. The van der Waals surface area contributed by atoms with Crippen LogP contribution in [0, 0.1) is 22.7 Å². The molecule has 3 rings (SSSR count). The Morgan fingerprint density at radius 1 is 0.933 bits per heavy atom. The zero-order valence-electron chi connectivity index (χ0n) is 8.06. The molecule has 0 amide bonds. The van der Waals surface area contributed by atoms with E-state index in [0.29, 0.717) is 11.8 Å². The lowest BCUT2D eigenvalue weighted by atomic mass is 10.00. The SMILES string of the molecule is N#Cc1nc2c(nc1C#N)[C@@H]1CC[C@@H]2C1. The van der Waals surface area contributed by atoms with Crippen LogP contribution >= 0.6 is 0 Å². The first-order valence-electron chi connectivity index (χ1n) is 5.05. The third-order valence-corrected chi connectivity index (χ3v) is 3.37. The second kappa shape index (κ2) is 2.77. The molecule has 1 aromatic rings. The first-order chi connectivity index (χ1) is 7.33. The maximum atomic E-state index is 8.85. The number of nitrogens with zero attached hydrogens (tertiary/aromatic N) is 4. The Bertz CT molecular complexity index is 474. The van der Waals surface area contributed by atoms with E-state index < -0.39 is 0 Å². The van der Waals surface area contributed by atoms with Gasteiger partial charge in [0.25, 0.3) is 0 Å². The van der Waals surface area contributed by atoms with E-state index in [1.54, 1.807) is 0 Å². The van der Waals surface area contributed by atoms with Crippen molar-refractivity contribution in [2.75, 3.05) is 0 Å². The van der Waals surface area contributed by atoms with Crippen LogP contribution in [-0.2, 0) is 0 Å². The summed E-state index contributed by atoms with van der Waals surface area (Å²) in [4.78, 5) is 8.56. The quantitative estimate of drug-likeness (QED) is 0.631. The minimum atomic E-state index is 0.184. The molecule has 1 heterocycles. The van der Waals surface area contributed by atoms with Gasteiger partial charge in [-0.2, -0.15) is 10.5 Å². The molecular formula is C11H8N4. The molecule has 1 saturated carbocycles. The van der Waals surface area contributed by atoms with Crippen LogP contribution in [0.4, 0.5) is 0 Å². The molecule has 0 aliphatic heterocycles. The molecule has 0 saturated heterocycles. The molecule has 0 N–H and O–H groups in total. The molecule has 0 radical (unpaired) electrons. The lowest BCUT2D eigenvalue weighted by Gasteiger charge is -2.12. The van der Waals surface area contributed by atoms with Crippen LogP contribution in [0.3, 0.4) is 0 Å². The molecule has 4 heteroatoms. The van der Waals surface area contributed by atoms with Crippen molar-refractivity contribution in [2.24, 2.45) is 0 Å². The van der Waals surface area contributed by atoms with Crippen molar-refractivity contribution in [3.05, 3.63) is 22.8 Å². The lowest BCUT2D eigenvalue weighted by molar-refractivity contribution is 0.676. The van der Waals surface area contributed by atoms with Crippen molar-refractivity contribution >= 4 is 0 Å². The summed E-state index contributed by atoms with van der Waals surface area (Å²) in [6.07, 6.45) is 3.42. The van der Waals surface area contributed by atoms with Gasteiger partial charge in [-0.25, -0.2) is 9.97 Å². The van der Waals surface area contributed by atoms with Gasteiger partial charge in [0.15, 0.2) is 11.4 Å². The van der Waals surface area contributed by atoms with Gasteiger partial charge in [0.2, 0.25) is 0 Å². The van der Waals surface area contributed by atoms with Gasteiger partial charge in [-0.3, -0.25) is 0 Å². The van der Waals surface area contributed by atoms with E-state index in [9.17, 15) is 0 Å². The van der Waals surface area contributed by atoms with Crippen LogP contribution in [0.15, 0.2) is 0 Å². The molecule has 1 fully saturated rings. The van der Waals surface area contributed by atoms with Crippen LogP contribution in [0.1, 0.15) is 53.9 Å². The monoisotopic (exact) mass is 196 g/mol. The highest BCUT2D eigenvalue weighted by Gasteiger charge is 2.40. The predicted molar refractivity (Wildman–Crippen MR) is 50.8 cm³/mol. The Hall–Kier alpha value is -1.94. The largest absolute Gasteiger partial charge is 0.237 e. The maximum absolute atomic E-state index is 8.85. The summed E-state index contributed by atoms with van der Waals surface area (Å²) in [5.41, 5.74) is 2.32. The molecule has 2 aliphatic rings. The van der Waals surface area contributed by atoms with Gasteiger partial charge < -0.3 is 0 Å². The zero-order valence-corrected chi connectivity index (χ0v) is 8.06. The molecule has 0 unspecified atom stereocenters. The van der Waals surface area contributed by atoms with Gasteiger partial charge in [-0.15, -0.1) is 0 Å². The molecular weight excluding hydrogens is 188 g/mol. The zero-order chi connectivity index (χ0) is 10.4. The minimum Gasteiger partial charge on any atom is -0.237 e. The molecule has 2 bridgehead atoms. The van der Waals surface area contributed by atoms with Crippen molar-refractivity contribution in [1.29, 1.82) is 10.5 Å². The summed E-state index contributed by atoms with van der Waals surface area (Å²) >= 11 is 0. The van der Waals surface area contributed by atoms with E-state index in [-0.39, 0.29) is 11.4 Å². The molecule has 4 nitrogen and oxygen atoms in total. The van der Waals surface area contributed by atoms with Crippen LogP contribution in [-0.4, -0.2) is 9.97 Å². The van der Waals surface area contributed by atoms with E-state index in [4.69, 9.17) is 10.5 Å². The molecule has 0 aromatic carbocycles. The second-order valence-corrected chi connectivity index (χ2v) is 4.12. The molecule has 72 valence electrons. The van der Waals surface area contributed by atoms with E-state index in [0.717, 1.165) is 30.7 Å². The average Bonchev–Trinajstić information content (AvgIpc) is 2.88. The van der Waals surface area contributed by atoms with Gasteiger partial charge in [-0.05, 0) is 19.3 Å². The average molecular weight is 196 g/mol. The highest BCUT2D eigenvalue weighted by atomic mass is 14.9. The fraction of sp³-hybridized carbons (Fsp3) is 0.455. The van der Waals surface area contributed by atoms with Crippen molar-refractivity contribution in [2.45, 2.75) is 31.1 Å². The van der Waals surface area contributed by atoms with E-state index in [1.807, 2.05) is 12.1 Å². The van der Waals surface area contributed by atoms with Crippen molar-refractivity contribution in [1.82, 2.24) is 9.97 Å². The Morgan fingerprint density at radius 3 is 1.80 bits per heavy atom. The number of hydrogen-bond acceptors (Lipinski definition) is 4. The van der Waals surface area contributed by atoms with Crippen LogP contribution < -0.4 is 0 Å². The number of nitriles is 2. The molecule has 2 atom stereocenters. The van der Waals surface area contributed by atoms with Gasteiger partial charge >= 0.3 is 0 Å². The Balaban J connectivity index is 2.24. The Morgan fingerprint density at radius 2 is 1.40 bits per heavy atom. The summed E-state index contributed by atoms with van der Waals surface area (Å²) in [6.45, 7) is 0.